The molecule has 1 amide bonds. The van der Waals surface area contributed by atoms with E-state index in [1.807, 2.05) is 12.1 Å². The van der Waals surface area contributed by atoms with Crippen molar-refractivity contribution in [1.82, 2.24) is 4.98 Å². The molecule has 3 aromatic rings. The number of hydrogen-bond donors (Lipinski definition) is 1. The van der Waals surface area contributed by atoms with Crippen molar-refractivity contribution in [2.75, 3.05) is 19.5 Å². The average Bonchev–Trinajstić information content (AvgIpc) is 3.11. The zero-order chi connectivity index (χ0) is 17.8. The first kappa shape index (κ1) is 16.9. The first-order valence-electron chi connectivity index (χ1n) is 7.36. The molecule has 0 saturated heterocycles. The Morgan fingerprint density at radius 2 is 1.96 bits per heavy atom. The third kappa shape index (κ3) is 3.61. The van der Waals surface area contributed by atoms with E-state index in [0.29, 0.717) is 22.2 Å². The summed E-state index contributed by atoms with van der Waals surface area (Å²) < 4.78 is 23.9. The number of nitrogens with zero attached hydrogens (tertiary/aromatic N) is 1. The van der Waals surface area contributed by atoms with Crippen LogP contribution < -0.4 is 14.8 Å². The number of methoxy groups -OCH3 is 2. The van der Waals surface area contributed by atoms with Crippen molar-refractivity contribution in [1.29, 1.82) is 0 Å². The number of hydrogen-bond acceptors (Lipinski definition) is 5. The van der Waals surface area contributed by atoms with Gasteiger partial charge in [0.1, 0.15) is 16.5 Å². The fourth-order valence-electron chi connectivity index (χ4n) is 2.32. The van der Waals surface area contributed by atoms with E-state index in [-0.39, 0.29) is 5.69 Å². The molecule has 1 N–H and O–H groups in total. The van der Waals surface area contributed by atoms with Gasteiger partial charge in [-0.3, -0.25) is 4.79 Å². The quantitative estimate of drug-likeness (QED) is 0.742. The molecule has 25 heavy (non-hydrogen) atoms. The van der Waals surface area contributed by atoms with Gasteiger partial charge in [0.2, 0.25) is 0 Å². The summed E-state index contributed by atoms with van der Waals surface area (Å²) in [6.07, 6.45) is 0. The summed E-state index contributed by atoms with van der Waals surface area (Å²) in [5, 5.41) is 4.89. The van der Waals surface area contributed by atoms with Crippen LogP contribution in [0.3, 0.4) is 0 Å². The van der Waals surface area contributed by atoms with Gasteiger partial charge in [-0.25, -0.2) is 9.37 Å². The van der Waals surface area contributed by atoms with Gasteiger partial charge < -0.3 is 14.8 Å². The third-order valence-electron chi connectivity index (χ3n) is 3.45. The molecule has 0 radical (unpaired) electrons. The molecule has 128 valence electrons. The van der Waals surface area contributed by atoms with Crippen LogP contribution in [0.15, 0.2) is 47.8 Å². The Bertz CT molecular complexity index is 911. The number of benzene rings is 2. The molecule has 0 aliphatic carbocycles. The first-order valence-corrected chi connectivity index (χ1v) is 8.24. The second-order valence-corrected chi connectivity index (χ2v) is 5.90. The second-order valence-electron chi connectivity index (χ2n) is 5.04. The summed E-state index contributed by atoms with van der Waals surface area (Å²) in [4.78, 5) is 16.7. The van der Waals surface area contributed by atoms with Gasteiger partial charge in [0.05, 0.1) is 19.8 Å². The van der Waals surface area contributed by atoms with Crippen LogP contribution in [0.4, 0.5) is 10.1 Å². The van der Waals surface area contributed by atoms with E-state index in [2.05, 4.69) is 10.3 Å². The molecule has 0 fully saturated rings. The highest BCUT2D eigenvalue weighted by atomic mass is 32.1. The molecule has 0 spiro atoms. The number of ether oxygens (including phenoxy) is 2. The molecule has 1 aromatic heterocycles. The highest BCUT2D eigenvalue weighted by Crippen LogP contribution is 2.39. The average molecular weight is 358 g/mol. The molecule has 7 heteroatoms. The lowest BCUT2D eigenvalue weighted by Crippen LogP contribution is -2.12. The molecule has 0 unspecified atom stereocenters. The van der Waals surface area contributed by atoms with E-state index in [4.69, 9.17) is 9.47 Å². The highest BCUT2D eigenvalue weighted by molar-refractivity contribution is 7.13. The predicted molar refractivity (Wildman–Crippen MR) is 95.0 cm³/mol. The van der Waals surface area contributed by atoms with Crippen LogP contribution in [0, 0.1) is 5.82 Å². The fourth-order valence-corrected chi connectivity index (χ4v) is 3.14. The van der Waals surface area contributed by atoms with Crippen LogP contribution in [-0.4, -0.2) is 25.1 Å². The van der Waals surface area contributed by atoms with Crippen molar-refractivity contribution in [3.05, 3.63) is 59.4 Å². The summed E-state index contributed by atoms with van der Waals surface area (Å²) >= 11 is 1.31. The van der Waals surface area contributed by atoms with Crippen molar-refractivity contribution in [3.63, 3.8) is 0 Å². The Kier molecular flexibility index (Phi) is 4.95. The summed E-state index contributed by atoms with van der Waals surface area (Å²) in [5.41, 5.74) is 1.35. The number of halogens is 1. The van der Waals surface area contributed by atoms with Gasteiger partial charge in [0, 0.05) is 11.1 Å². The van der Waals surface area contributed by atoms with Crippen LogP contribution in [0.25, 0.3) is 10.6 Å². The van der Waals surface area contributed by atoms with E-state index >= 15 is 0 Å². The van der Waals surface area contributed by atoms with E-state index in [1.54, 1.807) is 31.7 Å². The molecule has 0 saturated carbocycles. The van der Waals surface area contributed by atoms with Crippen LogP contribution in [0.1, 0.15) is 10.5 Å². The number of carbonyl (C=O) groups excluding carboxylic acids is 1. The maximum absolute atomic E-state index is 13.2. The van der Waals surface area contributed by atoms with Crippen molar-refractivity contribution in [3.8, 4) is 22.1 Å². The van der Waals surface area contributed by atoms with Gasteiger partial charge in [-0.05, 0) is 30.3 Å². The monoisotopic (exact) mass is 358 g/mol. The Morgan fingerprint density at radius 1 is 1.16 bits per heavy atom. The molecule has 0 bridgehead atoms. The van der Waals surface area contributed by atoms with Gasteiger partial charge >= 0.3 is 0 Å². The molecule has 3 rings (SSSR count). The largest absolute Gasteiger partial charge is 0.493 e. The zero-order valence-corrected chi connectivity index (χ0v) is 14.4. The van der Waals surface area contributed by atoms with Crippen LogP contribution in [0.2, 0.25) is 0 Å². The number of aromatic nitrogens is 1. The number of nitrogens with one attached hydrogen (secondary N) is 1. The number of thiazole rings is 1. The van der Waals surface area contributed by atoms with Crippen LogP contribution in [-0.2, 0) is 0 Å². The molecule has 1 heterocycles. The normalized spacial score (nSPS) is 10.4. The summed E-state index contributed by atoms with van der Waals surface area (Å²) in [6.45, 7) is 0. The van der Waals surface area contributed by atoms with Gasteiger partial charge in [0.25, 0.3) is 5.91 Å². The topological polar surface area (TPSA) is 60.5 Å². The smallest absolute Gasteiger partial charge is 0.275 e. The van der Waals surface area contributed by atoms with Crippen molar-refractivity contribution in [2.45, 2.75) is 0 Å². The van der Waals surface area contributed by atoms with Crippen LogP contribution in [0.5, 0.6) is 11.5 Å². The molecule has 0 aliphatic heterocycles. The molecular weight excluding hydrogens is 343 g/mol. The Morgan fingerprint density at radius 3 is 2.68 bits per heavy atom. The zero-order valence-electron chi connectivity index (χ0n) is 13.6. The van der Waals surface area contributed by atoms with E-state index in [9.17, 15) is 9.18 Å². The standard InChI is InChI=1S/C18H15FN2O3S/c1-23-15-8-4-7-13(16(15)24-2)18-21-14(10-25-18)17(22)20-12-6-3-5-11(19)9-12/h3-10H,1-2H3,(H,20,22). The van der Waals surface area contributed by atoms with Crippen molar-refractivity contribution < 1.29 is 18.7 Å². The number of rotatable bonds is 5. The molecule has 2 aromatic carbocycles. The van der Waals surface area contributed by atoms with Gasteiger partial charge in [-0.2, -0.15) is 0 Å². The van der Waals surface area contributed by atoms with Gasteiger partial charge in [-0.15, -0.1) is 11.3 Å². The lowest BCUT2D eigenvalue weighted by atomic mass is 10.2. The Labute approximate surface area is 148 Å². The van der Waals surface area contributed by atoms with Crippen molar-refractivity contribution >= 4 is 22.9 Å². The fraction of sp³-hybridized carbons (Fsp3) is 0.111. The van der Waals surface area contributed by atoms with Crippen molar-refractivity contribution in [2.24, 2.45) is 0 Å². The SMILES string of the molecule is COc1cccc(-c2nc(C(=O)Nc3cccc(F)c3)cs2)c1OC. The number of amides is 1. The molecule has 5 nitrogen and oxygen atoms in total. The van der Waals surface area contributed by atoms with E-state index in [1.165, 1.54) is 29.5 Å². The lowest BCUT2D eigenvalue weighted by Gasteiger charge is -2.10. The first-order chi connectivity index (χ1) is 12.1. The Hall–Kier alpha value is -2.93. The summed E-state index contributed by atoms with van der Waals surface area (Å²) in [6, 6.07) is 11.1. The van der Waals surface area contributed by atoms with E-state index < -0.39 is 11.7 Å². The number of para-hydroxylation sites is 1. The molecular formula is C18H15FN2O3S. The molecule has 0 atom stereocenters. The molecule has 0 aliphatic rings. The van der Waals surface area contributed by atoms with Gasteiger partial charge in [0.15, 0.2) is 11.5 Å². The second kappa shape index (κ2) is 7.31. The van der Waals surface area contributed by atoms with Gasteiger partial charge in [-0.1, -0.05) is 12.1 Å². The highest BCUT2D eigenvalue weighted by Gasteiger charge is 2.17. The minimum absolute atomic E-state index is 0.245. The van der Waals surface area contributed by atoms with Crippen LogP contribution >= 0.6 is 11.3 Å². The predicted octanol–water partition coefficient (Wildman–Crippen LogP) is 4.22. The Balaban J connectivity index is 1.86. The lowest BCUT2D eigenvalue weighted by molar-refractivity contribution is 0.102. The summed E-state index contributed by atoms with van der Waals surface area (Å²) in [7, 11) is 3.11. The maximum atomic E-state index is 13.2. The minimum atomic E-state index is -0.419. The number of carbonyl (C=O) groups is 1. The summed E-state index contributed by atoms with van der Waals surface area (Å²) in [5.74, 6) is 0.310. The maximum Gasteiger partial charge on any atom is 0.275 e. The number of anilines is 1. The minimum Gasteiger partial charge on any atom is -0.493 e. The van der Waals surface area contributed by atoms with E-state index in [0.717, 1.165) is 5.56 Å². The third-order valence-corrected chi connectivity index (χ3v) is 4.33.